The fraction of sp³-hybridized carbons (Fsp3) is 0.412. The molecule has 2 N–H and O–H groups in total. The van der Waals surface area contributed by atoms with E-state index in [1.807, 2.05) is 14.0 Å². The van der Waals surface area contributed by atoms with Gasteiger partial charge in [0.05, 0.1) is 17.2 Å². The van der Waals surface area contributed by atoms with E-state index in [-0.39, 0.29) is 0 Å². The largest absolute Gasteiger partial charge is 0.356 e. The molecule has 1 aromatic carbocycles. The maximum Gasteiger partial charge on any atom is 0.191 e. The molecule has 0 saturated heterocycles. The maximum absolute atomic E-state index is 4.45. The van der Waals surface area contributed by atoms with Crippen LogP contribution in [0.15, 0.2) is 29.3 Å². The zero-order chi connectivity index (χ0) is 15.5. The Labute approximate surface area is 135 Å². The number of aryl methyl sites for hydroxylation is 2. The predicted molar refractivity (Wildman–Crippen MR) is 92.7 cm³/mol. The number of nitrogens with zero attached hydrogens (tertiary/aromatic N) is 2. The van der Waals surface area contributed by atoms with E-state index in [4.69, 9.17) is 0 Å². The maximum atomic E-state index is 4.45. The Balaban J connectivity index is 1.50. The number of nitrogens with one attached hydrogen (secondary N) is 2. The Morgan fingerprint density at radius 3 is 2.82 bits per heavy atom. The highest BCUT2D eigenvalue weighted by Crippen LogP contribution is 2.33. The van der Waals surface area contributed by atoms with Crippen LogP contribution in [-0.2, 0) is 13.0 Å². The van der Waals surface area contributed by atoms with Gasteiger partial charge in [-0.2, -0.15) is 0 Å². The van der Waals surface area contributed by atoms with Crippen molar-refractivity contribution >= 4 is 17.3 Å². The monoisotopic (exact) mass is 314 g/mol. The molecule has 4 nitrogen and oxygen atoms in total. The molecule has 1 heterocycles. The molecule has 0 bridgehead atoms. The van der Waals surface area contributed by atoms with Crippen LogP contribution in [0.25, 0.3) is 0 Å². The van der Waals surface area contributed by atoms with Gasteiger partial charge < -0.3 is 10.6 Å². The van der Waals surface area contributed by atoms with Crippen molar-refractivity contribution in [3.63, 3.8) is 0 Å². The molecule has 0 fully saturated rings. The second kappa shape index (κ2) is 6.48. The third-order valence-electron chi connectivity index (χ3n) is 4.12. The summed E-state index contributed by atoms with van der Waals surface area (Å²) in [5, 5.41) is 7.92. The van der Waals surface area contributed by atoms with Crippen LogP contribution in [0.1, 0.15) is 32.6 Å². The molecule has 0 saturated carbocycles. The molecular formula is C17H22N4S. The number of benzene rings is 1. The van der Waals surface area contributed by atoms with E-state index >= 15 is 0 Å². The van der Waals surface area contributed by atoms with Gasteiger partial charge in [0, 0.05) is 24.4 Å². The Hall–Kier alpha value is -1.88. The highest BCUT2D eigenvalue weighted by molar-refractivity contribution is 7.11. The van der Waals surface area contributed by atoms with Crippen molar-refractivity contribution < 1.29 is 0 Å². The van der Waals surface area contributed by atoms with E-state index in [0.717, 1.165) is 36.2 Å². The first-order valence-electron chi connectivity index (χ1n) is 7.62. The molecule has 22 heavy (non-hydrogen) atoms. The molecule has 1 aliphatic carbocycles. The molecule has 1 aromatic heterocycles. The summed E-state index contributed by atoms with van der Waals surface area (Å²) < 4.78 is 0. The number of aromatic nitrogens is 1. The molecule has 0 radical (unpaired) electrons. The summed E-state index contributed by atoms with van der Waals surface area (Å²) in [6.45, 7) is 5.81. The van der Waals surface area contributed by atoms with Gasteiger partial charge in [0.1, 0.15) is 0 Å². The minimum Gasteiger partial charge on any atom is -0.356 e. The second-order valence-electron chi connectivity index (χ2n) is 5.65. The van der Waals surface area contributed by atoms with Gasteiger partial charge >= 0.3 is 0 Å². The van der Waals surface area contributed by atoms with Gasteiger partial charge in [0.25, 0.3) is 0 Å². The molecule has 3 rings (SSSR count). The first-order valence-corrected chi connectivity index (χ1v) is 8.44. The molecule has 2 aromatic rings. The topological polar surface area (TPSA) is 49.3 Å². The SMILES string of the molecule is CN=C(NCc1sc(C)nc1C)NCC1Cc2ccccc21. The molecule has 0 aliphatic heterocycles. The second-order valence-corrected chi connectivity index (χ2v) is 6.94. The molecule has 1 atom stereocenters. The minimum atomic E-state index is 0.599. The number of aliphatic imine (C=N–C) groups is 1. The van der Waals surface area contributed by atoms with Gasteiger partial charge in [0.2, 0.25) is 0 Å². The number of thiazole rings is 1. The lowest BCUT2D eigenvalue weighted by molar-refractivity contribution is 0.584. The van der Waals surface area contributed by atoms with Crippen molar-refractivity contribution in [2.75, 3.05) is 13.6 Å². The number of hydrogen-bond donors (Lipinski definition) is 2. The average molecular weight is 314 g/mol. The third kappa shape index (κ3) is 3.14. The Bertz CT molecular complexity index is 690. The van der Waals surface area contributed by atoms with Gasteiger partial charge in [0.15, 0.2) is 5.96 Å². The van der Waals surface area contributed by atoms with Crippen molar-refractivity contribution in [1.82, 2.24) is 15.6 Å². The average Bonchev–Trinajstić information content (AvgIpc) is 2.81. The van der Waals surface area contributed by atoms with Gasteiger partial charge in [-0.25, -0.2) is 4.98 Å². The number of rotatable bonds is 4. The van der Waals surface area contributed by atoms with Gasteiger partial charge in [-0.1, -0.05) is 24.3 Å². The summed E-state index contributed by atoms with van der Waals surface area (Å²) in [6.07, 6.45) is 1.16. The van der Waals surface area contributed by atoms with Crippen molar-refractivity contribution in [3.8, 4) is 0 Å². The Morgan fingerprint density at radius 2 is 2.14 bits per heavy atom. The minimum absolute atomic E-state index is 0.599. The molecule has 1 aliphatic rings. The molecular weight excluding hydrogens is 292 g/mol. The molecule has 1 unspecified atom stereocenters. The molecule has 0 amide bonds. The molecule has 5 heteroatoms. The lowest BCUT2D eigenvalue weighted by Crippen LogP contribution is -2.40. The van der Waals surface area contributed by atoms with Crippen LogP contribution in [0.4, 0.5) is 0 Å². The summed E-state index contributed by atoms with van der Waals surface area (Å²) in [5.41, 5.74) is 4.06. The van der Waals surface area contributed by atoms with Crippen LogP contribution < -0.4 is 10.6 Å². The van der Waals surface area contributed by atoms with E-state index < -0.39 is 0 Å². The van der Waals surface area contributed by atoms with Crippen molar-refractivity contribution in [2.45, 2.75) is 32.7 Å². The number of guanidine groups is 1. The van der Waals surface area contributed by atoms with Gasteiger partial charge in [-0.05, 0) is 31.4 Å². The van der Waals surface area contributed by atoms with Crippen LogP contribution in [0, 0.1) is 13.8 Å². The summed E-state index contributed by atoms with van der Waals surface area (Å²) in [4.78, 5) is 10.0. The zero-order valence-electron chi connectivity index (χ0n) is 13.3. The van der Waals surface area contributed by atoms with Crippen molar-refractivity contribution in [3.05, 3.63) is 51.0 Å². The first-order chi connectivity index (χ1) is 10.7. The standard InChI is InChI=1S/C17H22N4S/c1-11-16(22-12(2)21-11)10-20-17(18-3)19-9-14-8-13-6-4-5-7-15(13)14/h4-7,14H,8-10H2,1-3H3,(H2,18,19,20). The van der Waals surface area contributed by atoms with E-state index in [1.165, 1.54) is 16.0 Å². The van der Waals surface area contributed by atoms with E-state index in [1.54, 1.807) is 11.3 Å². The van der Waals surface area contributed by atoms with E-state index in [0.29, 0.717) is 5.92 Å². The van der Waals surface area contributed by atoms with E-state index in [2.05, 4.69) is 51.8 Å². The lowest BCUT2D eigenvalue weighted by atomic mass is 9.78. The molecule has 0 spiro atoms. The number of hydrogen-bond acceptors (Lipinski definition) is 3. The first kappa shape index (κ1) is 15.0. The molecule has 116 valence electrons. The van der Waals surface area contributed by atoms with E-state index in [9.17, 15) is 0 Å². The fourth-order valence-electron chi connectivity index (χ4n) is 2.89. The summed E-state index contributed by atoms with van der Waals surface area (Å²) >= 11 is 1.74. The predicted octanol–water partition coefficient (Wildman–Crippen LogP) is 2.76. The summed E-state index contributed by atoms with van der Waals surface area (Å²) in [6, 6.07) is 8.67. The fourth-order valence-corrected chi connectivity index (χ4v) is 3.76. The van der Waals surface area contributed by atoms with Gasteiger partial charge in [-0.3, -0.25) is 4.99 Å². The Kier molecular flexibility index (Phi) is 4.43. The van der Waals surface area contributed by atoms with Crippen LogP contribution in [0.2, 0.25) is 0 Å². The summed E-state index contributed by atoms with van der Waals surface area (Å²) in [5.74, 6) is 1.46. The smallest absolute Gasteiger partial charge is 0.191 e. The van der Waals surface area contributed by atoms with Gasteiger partial charge in [-0.15, -0.1) is 11.3 Å². The third-order valence-corrected chi connectivity index (χ3v) is 5.19. The number of fused-ring (bicyclic) bond motifs is 1. The summed E-state index contributed by atoms with van der Waals surface area (Å²) in [7, 11) is 1.81. The van der Waals surface area contributed by atoms with Crippen LogP contribution in [0.3, 0.4) is 0 Å². The highest BCUT2D eigenvalue weighted by Gasteiger charge is 2.25. The van der Waals surface area contributed by atoms with Crippen LogP contribution >= 0.6 is 11.3 Å². The van der Waals surface area contributed by atoms with Crippen molar-refractivity contribution in [1.29, 1.82) is 0 Å². The Morgan fingerprint density at radius 1 is 1.32 bits per heavy atom. The van der Waals surface area contributed by atoms with Crippen LogP contribution in [0.5, 0.6) is 0 Å². The zero-order valence-corrected chi connectivity index (χ0v) is 14.1. The quantitative estimate of drug-likeness (QED) is 0.674. The normalized spacial score (nSPS) is 16.9. The lowest BCUT2D eigenvalue weighted by Gasteiger charge is -2.30. The van der Waals surface area contributed by atoms with Crippen LogP contribution in [-0.4, -0.2) is 24.5 Å². The highest BCUT2D eigenvalue weighted by atomic mass is 32.1. The van der Waals surface area contributed by atoms with Crippen molar-refractivity contribution in [2.24, 2.45) is 4.99 Å².